The quantitative estimate of drug-likeness (QED) is 0.257. The summed E-state index contributed by atoms with van der Waals surface area (Å²) in [4.78, 5) is 35.2. The number of carbonyl (C=O) groups is 3. The number of nitrogens with one attached hydrogen (secondary N) is 2. The van der Waals surface area contributed by atoms with Gasteiger partial charge in [0.15, 0.2) is 17.3 Å². The first-order chi connectivity index (χ1) is 15.8. The van der Waals surface area contributed by atoms with E-state index in [2.05, 4.69) is 10.9 Å². The Hall–Kier alpha value is -2.97. The van der Waals surface area contributed by atoms with Gasteiger partial charge < -0.3 is 14.2 Å². The van der Waals surface area contributed by atoms with Gasteiger partial charge in [-0.05, 0) is 56.2 Å². The van der Waals surface area contributed by atoms with E-state index in [1.54, 1.807) is 36.4 Å². The zero-order valence-corrected chi connectivity index (χ0v) is 19.9. The molecule has 0 heterocycles. The van der Waals surface area contributed by atoms with Crippen molar-refractivity contribution in [1.82, 2.24) is 10.9 Å². The van der Waals surface area contributed by atoms with Gasteiger partial charge in [-0.3, -0.25) is 25.2 Å². The maximum Gasteiger partial charge on any atom is 0.238 e. The van der Waals surface area contributed by atoms with Gasteiger partial charge in [0.25, 0.3) is 0 Å². The minimum Gasteiger partial charge on any atom is -0.493 e. The van der Waals surface area contributed by atoms with Crippen molar-refractivity contribution >= 4 is 40.8 Å². The number of benzene rings is 2. The second-order valence-electron chi connectivity index (χ2n) is 7.00. The molecule has 0 aliphatic rings. The first kappa shape index (κ1) is 26.3. The molecule has 8 nitrogen and oxygen atoms in total. The zero-order valence-electron chi connectivity index (χ0n) is 18.4. The van der Waals surface area contributed by atoms with Crippen LogP contribution in [0, 0.1) is 0 Å². The average molecular weight is 497 g/mol. The van der Waals surface area contributed by atoms with Gasteiger partial charge in [-0.15, -0.1) is 0 Å². The van der Waals surface area contributed by atoms with Gasteiger partial charge in [-0.2, -0.15) is 0 Å². The molecule has 2 aromatic carbocycles. The molecule has 0 aliphatic carbocycles. The summed E-state index contributed by atoms with van der Waals surface area (Å²) in [5, 5.41) is 0.909. The molecular formula is C23H26Cl2N2O6. The van der Waals surface area contributed by atoms with Crippen LogP contribution in [0.15, 0.2) is 36.4 Å². The van der Waals surface area contributed by atoms with Crippen LogP contribution in [0.2, 0.25) is 10.0 Å². The lowest BCUT2D eigenvalue weighted by atomic mass is 10.1. The van der Waals surface area contributed by atoms with Gasteiger partial charge in [0, 0.05) is 23.4 Å². The molecule has 0 saturated heterocycles. The Morgan fingerprint density at radius 3 is 1.94 bits per heavy atom. The molecule has 0 saturated carbocycles. The lowest BCUT2D eigenvalue weighted by Gasteiger charge is -2.12. The summed E-state index contributed by atoms with van der Waals surface area (Å²) >= 11 is 11.8. The molecule has 0 atom stereocenters. The maximum atomic E-state index is 11.9. The Morgan fingerprint density at radius 2 is 1.39 bits per heavy atom. The number of ether oxygens (including phenoxy) is 3. The van der Waals surface area contributed by atoms with E-state index < -0.39 is 0 Å². The molecule has 2 aromatic rings. The number of amides is 2. The van der Waals surface area contributed by atoms with Crippen LogP contribution in [0.4, 0.5) is 0 Å². The van der Waals surface area contributed by atoms with Crippen LogP contribution < -0.4 is 25.1 Å². The van der Waals surface area contributed by atoms with Crippen molar-refractivity contribution in [3.63, 3.8) is 0 Å². The Morgan fingerprint density at radius 1 is 0.818 bits per heavy atom. The first-order valence-electron chi connectivity index (χ1n) is 10.3. The number of methoxy groups -OCH3 is 1. The SMILES string of the molecule is COc1cc(C(C)=O)ccc1OCCCC(=O)NNC(=O)CCCOc1ccc(Cl)cc1Cl. The Bertz CT molecular complexity index is 983. The highest BCUT2D eigenvalue weighted by atomic mass is 35.5. The van der Waals surface area contributed by atoms with Gasteiger partial charge >= 0.3 is 0 Å². The third-order valence-corrected chi connectivity index (χ3v) is 4.95. The lowest BCUT2D eigenvalue weighted by Crippen LogP contribution is -2.41. The fourth-order valence-corrected chi connectivity index (χ4v) is 3.16. The maximum absolute atomic E-state index is 11.9. The number of carbonyl (C=O) groups excluding carboxylic acids is 3. The van der Waals surface area contributed by atoms with Crippen molar-refractivity contribution in [2.75, 3.05) is 20.3 Å². The topological polar surface area (TPSA) is 103 Å². The van der Waals surface area contributed by atoms with Gasteiger partial charge in [0.2, 0.25) is 11.8 Å². The van der Waals surface area contributed by atoms with Crippen LogP contribution in [0.5, 0.6) is 17.2 Å². The third kappa shape index (κ3) is 9.19. The molecule has 0 aromatic heterocycles. The number of rotatable bonds is 12. The fourth-order valence-electron chi connectivity index (χ4n) is 2.69. The van der Waals surface area contributed by atoms with Gasteiger partial charge in [-0.25, -0.2) is 0 Å². The molecule has 2 rings (SSSR count). The predicted octanol–water partition coefficient (Wildman–Crippen LogP) is 4.37. The van der Waals surface area contributed by atoms with E-state index in [4.69, 9.17) is 37.4 Å². The van der Waals surface area contributed by atoms with Gasteiger partial charge in [-0.1, -0.05) is 23.2 Å². The summed E-state index contributed by atoms with van der Waals surface area (Å²) in [5.41, 5.74) is 5.25. The molecular weight excluding hydrogens is 471 g/mol. The highest BCUT2D eigenvalue weighted by Gasteiger charge is 2.10. The average Bonchev–Trinajstić information content (AvgIpc) is 2.79. The first-order valence-corrected chi connectivity index (χ1v) is 11.0. The monoisotopic (exact) mass is 496 g/mol. The summed E-state index contributed by atoms with van der Waals surface area (Å²) in [5.74, 6) is 0.678. The van der Waals surface area contributed by atoms with Crippen molar-refractivity contribution in [1.29, 1.82) is 0 Å². The lowest BCUT2D eigenvalue weighted by molar-refractivity contribution is -0.129. The number of ketones is 1. The van der Waals surface area contributed by atoms with Crippen LogP contribution in [0.1, 0.15) is 43.0 Å². The van der Waals surface area contributed by atoms with Gasteiger partial charge in [0.05, 0.1) is 25.3 Å². The Balaban J connectivity index is 1.59. The zero-order chi connectivity index (χ0) is 24.2. The molecule has 0 unspecified atom stereocenters. The van der Waals surface area contributed by atoms with Gasteiger partial charge in [0.1, 0.15) is 5.75 Å². The second-order valence-corrected chi connectivity index (χ2v) is 7.84. The van der Waals surface area contributed by atoms with Crippen molar-refractivity contribution in [2.24, 2.45) is 0 Å². The summed E-state index contributed by atoms with van der Waals surface area (Å²) < 4.78 is 16.4. The number of halogens is 2. The van der Waals surface area contributed by atoms with E-state index in [0.29, 0.717) is 45.7 Å². The van der Waals surface area contributed by atoms with Crippen LogP contribution in [0.25, 0.3) is 0 Å². The normalized spacial score (nSPS) is 10.3. The molecule has 10 heteroatoms. The molecule has 0 fully saturated rings. The summed E-state index contributed by atoms with van der Waals surface area (Å²) in [6.07, 6.45) is 1.20. The largest absolute Gasteiger partial charge is 0.493 e. The highest BCUT2D eigenvalue weighted by Crippen LogP contribution is 2.29. The van der Waals surface area contributed by atoms with E-state index in [1.165, 1.54) is 14.0 Å². The number of Topliss-reactive ketones (excluding diaryl/α,β-unsaturated/α-hetero) is 1. The molecule has 178 valence electrons. The molecule has 0 spiro atoms. The molecule has 2 N–H and O–H groups in total. The Kier molecular flexibility index (Phi) is 10.8. The number of hydrazine groups is 1. The standard InChI is InChI=1S/C23H26Cl2N2O6/c1-15(28)16-7-9-20(21(13-16)31-2)33-12-4-6-23(30)27-26-22(29)5-3-11-32-19-10-8-17(24)14-18(19)25/h7-10,13-14H,3-6,11-12H2,1-2H3,(H,26,29)(H,27,30). The minimum absolute atomic E-state index is 0.0722. The molecule has 0 bridgehead atoms. The van der Waals surface area contributed by atoms with E-state index >= 15 is 0 Å². The van der Waals surface area contributed by atoms with Crippen molar-refractivity contribution in [3.8, 4) is 17.2 Å². The fraction of sp³-hybridized carbons (Fsp3) is 0.348. The van der Waals surface area contributed by atoms with E-state index in [1.807, 2.05) is 0 Å². The second kappa shape index (κ2) is 13.5. The Labute approximate surface area is 202 Å². The van der Waals surface area contributed by atoms with Crippen LogP contribution in [0.3, 0.4) is 0 Å². The van der Waals surface area contributed by atoms with E-state index in [0.717, 1.165) is 0 Å². The molecule has 33 heavy (non-hydrogen) atoms. The smallest absolute Gasteiger partial charge is 0.238 e. The molecule has 2 amide bonds. The van der Waals surface area contributed by atoms with Crippen molar-refractivity contribution in [3.05, 3.63) is 52.0 Å². The minimum atomic E-state index is -0.338. The van der Waals surface area contributed by atoms with Crippen molar-refractivity contribution in [2.45, 2.75) is 32.6 Å². The third-order valence-electron chi connectivity index (χ3n) is 4.42. The van der Waals surface area contributed by atoms with Crippen LogP contribution in [-0.2, 0) is 9.59 Å². The molecule has 0 radical (unpaired) electrons. The highest BCUT2D eigenvalue weighted by molar-refractivity contribution is 6.35. The molecule has 0 aliphatic heterocycles. The van der Waals surface area contributed by atoms with E-state index in [-0.39, 0.29) is 43.7 Å². The van der Waals surface area contributed by atoms with Crippen molar-refractivity contribution < 1.29 is 28.6 Å². The summed E-state index contributed by atoms with van der Waals surface area (Å²) in [6.45, 7) is 2.02. The number of hydrogen-bond acceptors (Lipinski definition) is 6. The number of hydrogen-bond donors (Lipinski definition) is 2. The van der Waals surface area contributed by atoms with E-state index in [9.17, 15) is 14.4 Å². The summed E-state index contributed by atoms with van der Waals surface area (Å²) in [7, 11) is 1.49. The predicted molar refractivity (Wildman–Crippen MR) is 125 cm³/mol. The summed E-state index contributed by atoms with van der Waals surface area (Å²) in [6, 6.07) is 9.81. The van der Waals surface area contributed by atoms with Crippen LogP contribution >= 0.6 is 23.2 Å². The van der Waals surface area contributed by atoms with Crippen LogP contribution in [-0.4, -0.2) is 37.9 Å².